The van der Waals surface area contributed by atoms with Crippen molar-refractivity contribution in [1.29, 1.82) is 0 Å². The minimum Gasteiger partial charge on any atom is -0.322 e. The van der Waals surface area contributed by atoms with Crippen molar-refractivity contribution < 1.29 is 27.2 Å². The molecular weight excluding hydrogens is 507 g/mol. The number of aryl methyl sites for hydroxylation is 1. The molecule has 10 heteroatoms. The Bertz CT molecular complexity index is 1320. The van der Waals surface area contributed by atoms with Crippen LogP contribution >= 0.6 is 23.2 Å². The van der Waals surface area contributed by atoms with Gasteiger partial charge in [0.15, 0.2) is 0 Å². The van der Waals surface area contributed by atoms with Crippen molar-refractivity contribution in [2.75, 3.05) is 12.4 Å². The van der Waals surface area contributed by atoms with E-state index in [4.69, 9.17) is 28.0 Å². The summed E-state index contributed by atoms with van der Waals surface area (Å²) in [6.45, 7) is 1.65. The Morgan fingerprint density at radius 1 is 1.03 bits per heavy atom. The van der Waals surface area contributed by atoms with Gasteiger partial charge in [-0.3, -0.25) is 9.86 Å². The topological polar surface area (TPSA) is 41.6 Å². The van der Waals surface area contributed by atoms with Gasteiger partial charge >= 0.3 is 6.18 Å². The lowest BCUT2D eigenvalue weighted by Gasteiger charge is -2.31. The summed E-state index contributed by atoms with van der Waals surface area (Å²) in [5.74, 6) is -0.983. The Labute approximate surface area is 208 Å². The van der Waals surface area contributed by atoms with Crippen LogP contribution in [0, 0.1) is 12.7 Å². The number of hydrogen-bond acceptors (Lipinski definition) is 3. The molecule has 1 aliphatic heterocycles. The molecule has 0 bridgehead atoms. The third-order valence-electron chi connectivity index (χ3n) is 5.52. The van der Waals surface area contributed by atoms with Crippen molar-refractivity contribution in [3.8, 4) is 0 Å². The van der Waals surface area contributed by atoms with Crippen molar-refractivity contribution >= 4 is 40.5 Å². The van der Waals surface area contributed by atoms with Gasteiger partial charge in [0.2, 0.25) is 5.60 Å². The van der Waals surface area contributed by atoms with E-state index in [-0.39, 0.29) is 32.6 Å². The van der Waals surface area contributed by atoms with Crippen molar-refractivity contribution in [2.45, 2.75) is 18.7 Å². The molecule has 0 spiro atoms. The summed E-state index contributed by atoms with van der Waals surface area (Å²) in [6.07, 6.45) is -3.88. The number of benzene rings is 3. The van der Waals surface area contributed by atoms with Gasteiger partial charge in [0.25, 0.3) is 5.91 Å². The van der Waals surface area contributed by atoms with E-state index in [1.807, 2.05) is 0 Å². The first-order valence-electron chi connectivity index (χ1n) is 10.3. The Hall–Kier alpha value is -3.07. The Morgan fingerprint density at radius 3 is 2.31 bits per heavy atom. The minimum atomic E-state index is -4.84. The highest BCUT2D eigenvalue weighted by Gasteiger charge is 2.60. The SMILES string of the molecule is Cc1cc(C2=CC(c3cc(Cl)cc(Cl)c3)(C(F)(F)F)ON2C)ccc1C(=O)Nc1cccc(F)c1. The molecule has 4 rings (SSSR count). The largest absolute Gasteiger partial charge is 0.428 e. The minimum absolute atomic E-state index is 0.0359. The maximum absolute atomic E-state index is 14.4. The summed E-state index contributed by atoms with van der Waals surface area (Å²) in [7, 11) is 1.35. The third kappa shape index (κ3) is 4.87. The van der Waals surface area contributed by atoms with E-state index in [1.54, 1.807) is 19.1 Å². The normalized spacial score (nSPS) is 17.9. The number of nitrogens with zero attached hydrogens (tertiary/aromatic N) is 1. The highest BCUT2D eigenvalue weighted by molar-refractivity contribution is 6.34. The van der Waals surface area contributed by atoms with Crippen LogP contribution in [-0.2, 0) is 10.4 Å². The summed E-state index contributed by atoms with van der Waals surface area (Å²) in [5, 5.41) is 3.69. The molecule has 35 heavy (non-hydrogen) atoms. The lowest BCUT2D eigenvalue weighted by Crippen LogP contribution is -2.42. The summed E-state index contributed by atoms with van der Waals surface area (Å²) in [6, 6.07) is 13.6. The van der Waals surface area contributed by atoms with Gasteiger partial charge in [-0.2, -0.15) is 13.2 Å². The molecule has 4 nitrogen and oxygen atoms in total. The first-order valence-corrected chi connectivity index (χ1v) is 11.0. The van der Waals surface area contributed by atoms with Crippen molar-refractivity contribution in [3.63, 3.8) is 0 Å². The number of hydrogen-bond donors (Lipinski definition) is 1. The number of anilines is 1. The second-order valence-corrected chi connectivity index (χ2v) is 8.88. The lowest BCUT2D eigenvalue weighted by atomic mass is 9.91. The van der Waals surface area contributed by atoms with E-state index in [0.29, 0.717) is 11.1 Å². The van der Waals surface area contributed by atoms with E-state index in [2.05, 4.69) is 5.32 Å². The first kappa shape index (κ1) is 25.0. The van der Waals surface area contributed by atoms with Gasteiger partial charge in [-0.25, -0.2) is 9.23 Å². The van der Waals surface area contributed by atoms with Gasteiger partial charge in [0.1, 0.15) is 5.82 Å². The Morgan fingerprint density at radius 2 is 1.71 bits per heavy atom. The highest BCUT2D eigenvalue weighted by Crippen LogP contribution is 2.51. The molecule has 1 N–H and O–H groups in total. The van der Waals surface area contributed by atoms with Gasteiger partial charge in [-0.05, 0) is 67.1 Å². The number of rotatable bonds is 4. The first-order chi connectivity index (χ1) is 16.4. The highest BCUT2D eigenvalue weighted by atomic mass is 35.5. The maximum atomic E-state index is 14.4. The summed E-state index contributed by atoms with van der Waals surface area (Å²) < 4.78 is 56.5. The maximum Gasteiger partial charge on any atom is 0.428 e. The molecule has 0 saturated carbocycles. The molecule has 182 valence electrons. The molecule has 1 heterocycles. The zero-order chi connectivity index (χ0) is 25.5. The molecule has 3 aromatic carbocycles. The second-order valence-electron chi connectivity index (χ2n) is 8.00. The van der Waals surface area contributed by atoms with Crippen molar-refractivity contribution in [1.82, 2.24) is 5.06 Å². The number of carbonyl (C=O) groups excluding carboxylic acids is 1. The fraction of sp³-hybridized carbons (Fsp3) is 0.160. The molecule has 0 aliphatic carbocycles. The van der Waals surface area contributed by atoms with Crippen molar-refractivity contribution in [2.24, 2.45) is 0 Å². The molecule has 0 aromatic heterocycles. The number of alkyl halides is 3. The fourth-order valence-electron chi connectivity index (χ4n) is 3.88. The van der Waals surface area contributed by atoms with Gasteiger partial charge in [-0.15, -0.1) is 0 Å². The van der Waals surface area contributed by atoms with Gasteiger partial charge in [-0.1, -0.05) is 35.3 Å². The molecule has 0 fully saturated rings. The van der Waals surface area contributed by atoms with Crippen LogP contribution in [0.2, 0.25) is 10.0 Å². The second kappa shape index (κ2) is 9.18. The predicted octanol–water partition coefficient (Wildman–Crippen LogP) is 7.37. The standard InChI is InChI=1S/C25H18Cl2F4N2O2/c1-14-8-15(6-7-21(14)23(34)32-20-5-3-4-19(28)12-20)22-13-24(25(29,30)31,35-33(22)2)16-9-17(26)11-18(27)10-16/h3-13H,1-2H3,(H,32,34). The number of halogens is 6. The average molecular weight is 525 g/mol. The molecule has 0 saturated heterocycles. The molecule has 0 radical (unpaired) electrons. The number of nitrogens with one attached hydrogen (secondary N) is 1. The zero-order valence-electron chi connectivity index (χ0n) is 18.4. The Balaban J connectivity index is 1.71. The lowest BCUT2D eigenvalue weighted by molar-refractivity contribution is -0.308. The van der Waals surface area contributed by atoms with E-state index in [0.717, 1.165) is 23.3 Å². The smallest absolute Gasteiger partial charge is 0.322 e. The van der Waals surface area contributed by atoms with E-state index >= 15 is 0 Å². The van der Waals surface area contributed by atoms with Gasteiger partial charge in [0.05, 0.1) is 5.70 Å². The van der Waals surface area contributed by atoms with Crippen LogP contribution in [0.4, 0.5) is 23.2 Å². The summed E-state index contributed by atoms with van der Waals surface area (Å²) in [4.78, 5) is 18.0. The Kier molecular flexibility index (Phi) is 6.57. The van der Waals surface area contributed by atoms with E-state index in [9.17, 15) is 22.4 Å². The van der Waals surface area contributed by atoms with Crippen LogP contribution in [0.1, 0.15) is 27.0 Å². The molecule has 1 aliphatic rings. The summed E-state index contributed by atoms with van der Waals surface area (Å²) >= 11 is 11.9. The molecule has 3 aromatic rings. The van der Waals surface area contributed by atoms with Gasteiger partial charge in [0, 0.05) is 39.5 Å². The van der Waals surface area contributed by atoms with Crippen LogP contribution < -0.4 is 5.32 Å². The fourth-order valence-corrected chi connectivity index (χ4v) is 4.41. The molecule has 1 amide bonds. The van der Waals surface area contributed by atoms with Crippen LogP contribution in [-0.4, -0.2) is 24.2 Å². The monoisotopic (exact) mass is 524 g/mol. The number of amides is 1. The third-order valence-corrected chi connectivity index (χ3v) is 5.96. The summed E-state index contributed by atoms with van der Waals surface area (Å²) in [5.41, 5.74) is -1.49. The molecule has 1 atom stereocenters. The number of hydroxylamine groups is 2. The molecule has 1 unspecified atom stereocenters. The van der Waals surface area contributed by atoms with Crippen LogP contribution in [0.5, 0.6) is 0 Å². The van der Waals surface area contributed by atoms with Gasteiger partial charge < -0.3 is 5.32 Å². The van der Waals surface area contributed by atoms with Crippen LogP contribution in [0.3, 0.4) is 0 Å². The zero-order valence-corrected chi connectivity index (χ0v) is 19.9. The quantitative estimate of drug-likeness (QED) is 0.362. The van der Waals surface area contributed by atoms with Crippen LogP contribution in [0.25, 0.3) is 5.70 Å². The van der Waals surface area contributed by atoms with Crippen molar-refractivity contribution in [3.05, 3.63) is 105 Å². The average Bonchev–Trinajstić information content (AvgIpc) is 3.11. The van der Waals surface area contributed by atoms with Crippen LogP contribution in [0.15, 0.2) is 66.7 Å². The number of carbonyl (C=O) groups is 1. The van der Waals surface area contributed by atoms with E-state index < -0.39 is 23.5 Å². The van der Waals surface area contributed by atoms with E-state index in [1.165, 1.54) is 43.4 Å². The molecular formula is C25H18Cl2F4N2O2. The predicted molar refractivity (Wildman–Crippen MR) is 127 cm³/mol.